The molecule has 11 rings (SSSR count). The Kier molecular flexibility index (Phi) is 9.80. The molecule has 7 aromatic carbocycles. The van der Waals surface area contributed by atoms with Crippen molar-refractivity contribution in [1.82, 2.24) is 9.55 Å². The molecule has 0 saturated carbocycles. The molecule has 0 N–H and O–H groups in total. The second kappa shape index (κ2) is 15.6. The van der Waals surface area contributed by atoms with Gasteiger partial charge in [0.15, 0.2) is 0 Å². The van der Waals surface area contributed by atoms with Crippen LogP contribution in [0.15, 0.2) is 180 Å². The summed E-state index contributed by atoms with van der Waals surface area (Å²) in [4.78, 5) is 10.2. The van der Waals surface area contributed by atoms with Crippen LogP contribution < -0.4 is 14.5 Å². The van der Waals surface area contributed by atoms with Crippen LogP contribution >= 0.6 is 0 Å². The van der Waals surface area contributed by atoms with Gasteiger partial charge in [-0.1, -0.05) is 91.0 Å². The number of pyridine rings is 1. The standard InChI is InChI=1S/C58H50N4OTe/c1-57(2,3)40-27-30-50-47(33-40)46-29-28-43(35-53(46)62(50)54-36-48(58(4,5)6)56-49(59-54)31-32-64-56)63-42-22-15-21-41(34-42)60-37-61(52-26-14-13-25-51(52)60)55-44(38-17-9-7-10-18-38)23-16-24-45(55)39-19-11-8-12-20-39/h7-36H,37H2,1-6H3. The molecule has 0 aliphatic carbocycles. The van der Waals surface area contributed by atoms with Gasteiger partial charge in [0, 0.05) is 11.1 Å². The summed E-state index contributed by atoms with van der Waals surface area (Å²) < 4.78 is 13.1. The Morgan fingerprint density at radius 3 is 1.88 bits per heavy atom. The average Bonchev–Trinajstić information content (AvgIpc) is 4.02. The Morgan fingerprint density at radius 2 is 1.19 bits per heavy atom. The predicted molar refractivity (Wildman–Crippen MR) is 270 cm³/mol. The van der Waals surface area contributed by atoms with Crippen LogP contribution in [0.5, 0.6) is 11.5 Å². The number of nitrogens with zero attached hydrogens (tertiary/aromatic N) is 4. The van der Waals surface area contributed by atoms with Crippen LogP contribution in [0, 0.1) is 0 Å². The third kappa shape index (κ3) is 7.06. The van der Waals surface area contributed by atoms with Gasteiger partial charge in [-0.15, -0.1) is 0 Å². The molecule has 64 heavy (non-hydrogen) atoms. The summed E-state index contributed by atoms with van der Waals surface area (Å²) in [5.74, 6) is 2.51. The first kappa shape index (κ1) is 40.2. The van der Waals surface area contributed by atoms with E-state index in [0.717, 1.165) is 50.9 Å². The fraction of sp³-hybridized carbons (Fsp3) is 0.155. The van der Waals surface area contributed by atoms with E-state index in [-0.39, 0.29) is 10.8 Å². The number of aromatic nitrogens is 2. The summed E-state index contributed by atoms with van der Waals surface area (Å²) in [5, 5.41) is 2.41. The van der Waals surface area contributed by atoms with E-state index in [2.05, 4.69) is 236 Å². The van der Waals surface area contributed by atoms with Crippen molar-refractivity contribution in [2.45, 2.75) is 52.4 Å². The summed E-state index contributed by atoms with van der Waals surface area (Å²) in [6, 6.07) is 63.5. The summed E-state index contributed by atoms with van der Waals surface area (Å²) in [6.45, 7) is 14.5. The monoisotopic (exact) mass is 948 g/mol. The molecule has 6 heteroatoms. The van der Waals surface area contributed by atoms with E-state index in [1.54, 1.807) is 0 Å². The zero-order chi connectivity index (χ0) is 43.7. The number of benzene rings is 7. The van der Waals surface area contributed by atoms with Crippen molar-refractivity contribution < 1.29 is 4.74 Å². The fourth-order valence-corrected chi connectivity index (χ4v) is 12.4. The molecule has 0 amide bonds. The molecular weight excluding hydrogens is 896 g/mol. The zero-order valence-corrected chi connectivity index (χ0v) is 39.5. The summed E-state index contributed by atoms with van der Waals surface area (Å²) >= 11 is -0.400. The normalized spacial score (nSPS) is 13.0. The number of hydrogen-bond acceptors (Lipinski definition) is 4. The predicted octanol–water partition coefficient (Wildman–Crippen LogP) is 15.4. The first-order valence-corrected chi connectivity index (χ1v) is 24.6. The van der Waals surface area contributed by atoms with Gasteiger partial charge in [0.25, 0.3) is 0 Å². The average molecular weight is 947 g/mol. The molecule has 0 bridgehead atoms. The van der Waals surface area contributed by atoms with Gasteiger partial charge in [-0.25, -0.2) is 0 Å². The second-order valence-electron chi connectivity index (χ2n) is 18.9. The Bertz CT molecular complexity index is 3310. The van der Waals surface area contributed by atoms with Gasteiger partial charge in [-0.05, 0) is 29.3 Å². The van der Waals surface area contributed by atoms with Gasteiger partial charge in [0.1, 0.15) is 6.67 Å². The van der Waals surface area contributed by atoms with Crippen LogP contribution in [0.25, 0.3) is 58.8 Å². The van der Waals surface area contributed by atoms with E-state index in [1.165, 1.54) is 53.2 Å². The van der Waals surface area contributed by atoms with E-state index in [9.17, 15) is 0 Å². The molecule has 0 radical (unpaired) electrons. The van der Waals surface area contributed by atoms with E-state index in [1.807, 2.05) is 0 Å². The Morgan fingerprint density at radius 1 is 0.531 bits per heavy atom. The number of fused-ring (bicyclic) bond motifs is 5. The van der Waals surface area contributed by atoms with Gasteiger partial charge in [-0.2, -0.15) is 0 Å². The van der Waals surface area contributed by atoms with E-state index in [0.29, 0.717) is 6.67 Å². The number of para-hydroxylation sites is 3. The van der Waals surface area contributed by atoms with E-state index < -0.39 is 20.4 Å². The Balaban J connectivity index is 0.999. The van der Waals surface area contributed by atoms with Crippen molar-refractivity contribution in [3.05, 3.63) is 191 Å². The Hall–Kier alpha value is -6.58. The number of anilines is 4. The molecule has 0 spiro atoms. The van der Waals surface area contributed by atoms with Crippen molar-refractivity contribution in [2.24, 2.45) is 0 Å². The molecule has 0 fully saturated rings. The summed E-state index contributed by atoms with van der Waals surface area (Å²) in [5.41, 5.74) is 15.4. The molecule has 5 nitrogen and oxygen atoms in total. The van der Waals surface area contributed by atoms with Crippen LogP contribution in [-0.4, -0.2) is 36.7 Å². The quantitative estimate of drug-likeness (QED) is 0.149. The van der Waals surface area contributed by atoms with Crippen LogP contribution in [0.1, 0.15) is 52.7 Å². The third-order valence-electron chi connectivity index (χ3n) is 12.6. The molecule has 0 saturated heterocycles. The summed E-state index contributed by atoms with van der Waals surface area (Å²) in [7, 11) is 0. The maximum atomic E-state index is 6.88. The van der Waals surface area contributed by atoms with Crippen molar-refractivity contribution in [3.8, 4) is 39.6 Å². The third-order valence-corrected chi connectivity index (χ3v) is 15.3. The Labute approximate surface area is 385 Å². The topological polar surface area (TPSA) is 33.5 Å². The molecule has 314 valence electrons. The van der Waals surface area contributed by atoms with Crippen molar-refractivity contribution in [2.75, 3.05) is 16.5 Å². The molecule has 10 aromatic rings. The van der Waals surface area contributed by atoms with Gasteiger partial charge in [0.2, 0.25) is 0 Å². The van der Waals surface area contributed by atoms with E-state index in [4.69, 9.17) is 9.72 Å². The minimum absolute atomic E-state index is 0.00163. The van der Waals surface area contributed by atoms with Gasteiger partial charge >= 0.3 is 223 Å². The van der Waals surface area contributed by atoms with Crippen molar-refractivity contribution in [1.29, 1.82) is 0 Å². The molecule has 1 aliphatic heterocycles. The first-order chi connectivity index (χ1) is 31.0. The molecule has 1 aliphatic rings. The SMILES string of the molecule is CC(C)(C)c1ccc2c(c1)c1ccc(Oc3cccc(N4CN(c5c(-c6ccccc6)cccc5-c5ccccc5)c5ccccc54)c3)cc1n2-c1cc(C(C)(C)C)c2[te]ccc2n1. The molecular formula is C58H50N4OTe. The first-order valence-electron chi connectivity index (χ1n) is 22.1. The fourth-order valence-electron chi connectivity index (χ4n) is 9.40. The van der Waals surface area contributed by atoms with Crippen LogP contribution in [0.3, 0.4) is 0 Å². The molecule has 0 unspecified atom stereocenters. The maximum absolute atomic E-state index is 6.88. The van der Waals surface area contributed by atoms with Crippen LogP contribution in [0.4, 0.5) is 22.7 Å². The van der Waals surface area contributed by atoms with Gasteiger partial charge in [-0.3, -0.25) is 0 Å². The van der Waals surface area contributed by atoms with Crippen LogP contribution in [0.2, 0.25) is 0 Å². The van der Waals surface area contributed by atoms with Gasteiger partial charge in [0.05, 0.1) is 17.1 Å². The zero-order valence-electron chi connectivity index (χ0n) is 37.1. The minimum atomic E-state index is -0.400. The second-order valence-corrected chi connectivity index (χ2v) is 21.5. The number of hydrogen-bond donors (Lipinski definition) is 0. The number of ether oxygens (including phenoxy) is 1. The van der Waals surface area contributed by atoms with Crippen molar-refractivity contribution >= 4 is 73.9 Å². The summed E-state index contributed by atoms with van der Waals surface area (Å²) in [6.07, 6.45) is 0. The number of rotatable bonds is 7. The molecule has 4 heterocycles. The van der Waals surface area contributed by atoms with Crippen LogP contribution in [-0.2, 0) is 10.8 Å². The molecule has 3 aromatic heterocycles. The van der Waals surface area contributed by atoms with E-state index >= 15 is 0 Å². The van der Waals surface area contributed by atoms with Gasteiger partial charge < -0.3 is 9.80 Å². The molecule has 0 atom stereocenters. The van der Waals surface area contributed by atoms with Crippen molar-refractivity contribution in [3.63, 3.8) is 0 Å².